The number of nitro benzene ring substituents is 1. The summed E-state index contributed by atoms with van der Waals surface area (Å²) in [4.78, 5) is 15.6. The van der Waals surface area contributed by atoms with Gasteiger partial charge >= 0.3 is 0 Å². The highest BCUT2D eigenvalue weighted by Crippen LogP contribution is 2.37. The van der Waals surface area contributed by atoms with Crippen LogP contribution in [0, 0.1) is 10.1 Å². The molecule has 20 heavy (non-hydrogen) atoms. The van der Waals surface area contributed by atoms with Gasteiger partial charge in [-0.3, -0.25) is 15.1 Å². The van der Waals surface area contributed by atoms with Gasteiger partial charge in [0.25, 0.3) is 5.69 Å². The van der Waals surface area contributed by atoms with E-state index in [1.165, 1.54) is 31.6 Å². The topological polar surface area (TPSA) is 86.5 Å². The molecule has 0 aliphatic carbocycles. The highest BCUT2D eigenvalue weighted by atomic mass is 32.1. The maximum absolute atomic E-state index is 11.1. The number of ether oxygens (including phenoxy) is 2. The van der Waals surface area contributed by atoms with E-state index in [-0.39, 0.29) is 5.69 Å². The molecule has 1 aromatic carbocycles. The van der Waals surface area contributed by atoms with Crippen LogP contribution in [0.1, 0.15) is 4.88 Å². The SMILES string of the molecule is COc1cc(NCc2cncs2)c([N+](=O)[O-])cc1OC. The molecule has 0 unspecified atom stereocenters. The molecule has 0 radical (unpaired) electrons. The van der Waals surface area contributed by atoms with Crippen LogP contribution >= 0.6 is 11.3 Å². The van der Waals surface area contributed by atoms with Crippen LogP contribution in [0.25, 0.3) is 0 Å². The van der Waals surface area contributed by atoms with Gasteiger partial charge < -0.3 is 14.8 Å². The summed E-state index contributed by atoms with van der Waals surface area (Å²) < 4.78 is 10.2. The first-order valence-corrected chi connectivity index (χ1v) is 6.55. The quantitative estimate of drug-likeness (QED) is 0.651. The number of thiazole rings is 1. The van der Waals surface area contributed by atoms with Crippen molar-refractivity contribution < 1.29 is 14.4 Å². The monoisotopic (exact) mass is 295 g/mol. The highest BCUT2D eigenvalue weighted by Gasteiger charge is 2.19. The first-order valence-electron chi connectivity index (χ1n) is 5.67. The van der Waals surface area contributed by atoms with Crippen LogP contribution < -0.4 is 14.8 Å². The smallest absolute Gasteiger partial charge is 0.296 e. The molecular formula is C12H13N3O4S. The number of hydrogen-bond acceptors (Lipinski definition) is 7. The van der Waals surface area contributed by atoms with Gasteiger partial charge in [0.2, 0.25) is 0 Å². The zero-order valence-corrected chi connectivity index (χ0v) is 11.8. The molecule has 0 amide bonds. The summed E-state index contributed by atoms with van der Waals surface area (Å²) >= 11 is 1.47. The summed E-state index contributed by atoms with van der Waals surface area (Å²) in [5.74, 6) is 0.757. The Kier molecular flexibility index (Phi) is 4.36. The van der Waals surface area contributed by atoms with Crippen LogP contribution in [0.3, 0.4) is 0 Å². The lowest BCUT2D eigenvalue weighted by atomic mass is 10.2. The van der Waals surface area contributed by atoms with E-state index in [1.807, 2.05) is 0 Å². The van der Waals surface area contributed by atoms with Gasteiger partial charge in [0.15, 0.2) is 11.5 Å². The number of hydrogen-bond donors (Lipinski definition) is 1. The highest BCUT2D eigenvalue weighted by molar-refractivity contribution is 7.09. The van der Waals surface area contributed by atoms with Crippen molar-refractivity contribution in [1.82, 2.24) is 4.98 Å². The molecule has 7 nitrogen and oxygen atoms in total. The Bertz CT molecular complexity index is 601. The first-order chi connectivity index (χ1) is 9.65. The molecule has 1 aromatic heterocycles. The van der Waals surface area contributed by atoms with Crippen LogP contribution in [-0.2, 0) is 6.54 Å². The fraction of sp³-hybridized carbons (Fsp3) is 0.250. The Labute approximate surface area is 119 Å². The summed E-state index contributed by atoms with van der Waals surface area (Å²) in [5, 5.41) is 14.1. The van der Waals surface area contributed by atoms with Gasteiger partial charge in [0.1, 0.15) is 5.69 Å². The zero-order chi connectivity index (χ0) is 14.5. The largest absolute Gasteiger partial charge is 0.493 e. The van der Waals surface area contributed by atoms with Crippen LogP contribution in [0.5, 0.6) is 11.5 Å². The van der Waals surface area contributed by atoms with Gasteiger partial charge in [-0.05, 0) is 0 Å². The molecule has 0 aliphatic rings. The molecule has 0 spiro atoms. The Hall–Kier alpha value is -2.35. The van der Waals surface area contributed by atoms with Crippen molar-refractivity contribution in [3.63, 3.8) is 0 Å². The summed E-state index contributed by atoms with van der Waals surface area (Å²) in [5.41, 5.74) is 2.02. The molecule has 1 N–H and O–H groups in total. The number of aromatic nitrogens is 1. The molecule has 0 aliphatic heterocycles. The minimum atomic E-state index is -0.461. The Balaban J connectivity index is 2.31. The summed E-state index contributed by atoms with van der Waals surface area (Å²) in [6, 6.07) is 2.89. The van der Waals surface area contributed by atoms with Gasteiger partial charge in [0, 0.05) is 17.1 Å². The Morgan fingerprint density at radius 2 is 2.05 bits per heavy atom. The lowest BCUT2D eigenvalue weighted by Crippen LogP contribution is -2.03. The predicted octanol–water partition coefficient (Wildman–Crippen LogP) is 2.68. The van der Waals surface area contributed by atoms with E-state index in [0.717, 1.165) is 4.88 Å². The van der Waals surface area contributed by atoms with Crippen LogP contribution in [0.2, 0.25) is 0 Å². The van der Waals surface area contributed by atoms with Gasteiger partial charge in [-0.15, -0.1) is 11.3 Å². The van der Waals surface area contributed by atoms with E-state index in [9.17, 15) is 10.1 Å². The number of nitrogens with one attached hydrogen (secondary N) is 1. The van der Waals surface area contributed by atoms with E-state index in [1.54, 1.807) is 17.8 Å². The normalized spacial score (nSPS) is 10.1. The molecular weight excluding hydrogens is 282 g/mol. The average molecular weight is 295 g/mol. The van der Waals surface area contributed by atoms with E-state index in [2.05, 4.69) is 10.3 Å². The van der Waals surface area contributed by atoms with E-state index < -0.39 is 4.92 Å². The number of anilines is 1. The maximum Gasteiger partial charge on any atom is 0.296 e. The summed E-state index contributed by atoms with van der Waals surface area (Å²) in [7, 11) is 2.92. The number of rotatable bonds is 6. The fourth-order valence-corrected chi connectivity index (χ4v) is 2.21. The maximum atomic E-state index is 11.1. The van der Waals surface area contributed by atoms with Gasteiger partial charge in [0.05, 0.1) is 37.3 Å². The molecule has 0 bridgehead atoms. The molecule has 106 valence electrons. The first kappa shape index (κ1) is 14.1. The van der Waals surface area contributed by atoms with E-state index >= 15 is 0 Å². The van der Waals surface area contributed by atoms with E-state index in [4.69, 9.17) is 9.47 Å². The third-order valence-electron chi connectivity index (χ3n) is 2.64. The summed E-state index contributed by atoms with van der Waals surface area (Å²) in [6.07, 6.45) is 1.71. The standard InChI is InChI=1S/C12H13N3O4S/c1-18-11-3-9(14-6-8-5-13-7-20-8)10(15(16)17)4-12(11)19-2/h3-5,7,14H,6H2,1-2H3. The molecule has 0 saturated heterocycles. The minimum absolute atomic E-state index is 0.0628. The van der Waals surface area contributed by atoms with Crippen molar-refractivity contribution in [2.75, 3.05) is 19.5 Å². The van der Waals surface area contributed by atoms with Crippen molar-refractivity contribution >= 4 is 22.7 Å². The third kappa shape index (κ3) is 2.97. The Morgan fingerprint density at radius 1 is 1.35 bits per heavy atom. The van der Waals surface area contributed by atoms with Crippen molar-refractivity contribution in [3.8, 4) is 11.5 Å². The molecule has 0 saturated carbocycles. The third-order valence-corrected chi connectivity index (χ3v) is 3.41. The van der Waals surface area contributed by atoms with Crippen molar-refractivity contribution in [1.29, 1.82) is 0 Å². The number of methoxy groups -OCH3 is 2. The van der Waals surface area contributed by atoms with Crippen molar-refractivity contribution in [2.45, 2.75) is 6.54 Å². The van der Waals surface area contributed by atoms with E-state index in [0.29, 0.717) is 23.7 Å². The molecule has 0 fully saturated rings. The fourth-order valence-electron chi connectivity index (χ4n) is 1.67. The second-order valence-electron chi connectivity index (χ2n) is 3.80. The second-order valence-corrected chi connectivity index (χ2v) is 4.77. The molecule has 0 atom stereocenters. The molecule has 8 heteroatoms. The minimum Gasteiger partial charge on any atom is -0.493 e. The second kappa shape index (κ2) is 6.20. The predicted molar refractivity (Wildman–Crippen MR) is 75.6 cm³/mol. The summed E-state index contributed by atoms with van der Waals surface area (Å²) in [6.45, 7) is 0.459. The van der Waals surface area contributed by atoms with Crippen LogP contribution in [0.4, 0.5) is 11.4 Å². The lowest BCUT2D eigenvalue weighted by molar-refractivity contribution is -0.384. The van der Waals surface area contributed by atoms with Crippen LogP contribution in [0.15, 0.2) is 23.8 Å². The van der Waals surface area contributed by atoms with Crippen molar-refractivity contribution in [3.05, 3.63) is 38.8 Å². The van der Waals surface area contributed by atoms with Gasteiger partial charge in [-0.25, -0.2) is 0 Å². The number of nitrogens with zero attached hydrogens (tertiary/aromatic N) is 2. The lowest BCUT2D eigenvalue weighted by Gasteiger charge is -2.11. The Morgan fingerprint density at radius 3 is 2.60 bits per heavy atom. The number of benzene rings is 1. The molecule has 2 aromatic rings. The van der Waals surface area contributed by atoms with Gasteiger partial charge in [-0.1, -0.05) is 0 Å². The average Bonchev–Trinajstić information content (AvgIpc) is 2.97. The molecule has 1 heterocycles. The van der Waals surface area contributed by atoms with Crippen molar-refractivity contribution in [2.24, 2.45) is 0 Å². The van der Waals surface area contributed by atoms with Crippen LogP contribution in [-0.4, -0.2) is 24.1 Å². The molecule has 2 rings (SSSR count). The number of nitro groups is 1. The van der Waals surface area contributed by atoms with Gasteiger partial charge in [-0.2, -0.15) is 0 Å². The zero-order valence-electron chi connectivity index (χ0n) is 11.0.